The first-order chi connectivity index (χ1) is 17.6. The van der Waals surface area contributed by atoms with Crippen LogP contribution in [0.25, 0.3) is 28.3 Å². The second kappa shape index (κ2) is 10.9. The molecule has 0 aromatic heterocycles. The minimum atomic E-state index is -3.88. The Morgan fingerprint density at radius 3 is 2.00 bits per heavy atom. The number of ether oxygens (including phenoxy) is 1. The van der Waals surface area contributed by atoms with E-state index in [-0.39, 0.29) is 16.7 Å². The smallest absolute Gasteiger partial charge is 0.419 e. The predicted molar refractivity (Wildman–Crippen MR) is 132 cm³/mol. The van der Waals surface area contributed by atoms with Crippen LogP contribution in [0.1, 0.15) is 24.5 Å². The molecular formula is C30H22F6O. The molecule has 37 heavy (non-hydrogen) atoms. The number of halogens is 6. The molecule has 4 aromatic carbocycles. The molecular weight excluding hydrogens is 490 g/mol. The summed E-state index contributed by atoms with van der Waals surface area (Å²) in [6.07, 6.45) is -0.669. The van der Waals surface area contributed by atoms with Crippen LogP contribution in [0.3, 0.4) is 0 Å². The van der Waals surface area contributed by atoms with Crippen molar-refractivity contribution in [3.05, 3.63) is 119 Å². The van der Waals surface area contributed by atoms with Crippen molar-refractivity contribution in [2.45, 2.75) is 25.9 Å². The minimum absolute atomic E-state index is 0.0328. The van der Waals surface area contributed by atoms with E-state index in [1.807, 2.05) is 24.3 Å². The number of benzene rings is 4. The molecule has 0 unspecified atom stereocenters. The van der Waals surface area contributed by atoms with Crippen LogP contribution in [0.4, 0.5) is 26.3 Å². The zero-order valence-corrected chi connectivity index (χ0v) is 19.8. The van der Waals surface area contributed by atoms with Gasteiger partial charge in [-0.05, 0) is 65.1 Å². The lowest BCUT2D eigenvalue weighted by Crippen LogP contribution is -2.21. The molecule has 0 heterocycles. The van der Waals surface area contributed by atoms with Gasteiger partial charge in [0.25, 0.3) is 0 Å². The van der Waals surface area contributed by atoms with Crippen molar-refractivity contribution in [3.63, 3.8) is 0 Å². The van der Waals surface area contributed by atoms with Crippen molar-refractivity contribution in [1.82, 2.24) is 0 Å². The molecule has 4 rings (SSSR count). The molecule has 0 amide bonds. The summed E-state index contributed by atoms with van der Waals surface area (Å²) < 4.78 is 89.0. The van der Waals surface area contributed by atoms with E-state index in [0.717, 1.165) is 54.8 Å². The normalized spacial score (nSPS) is 11.8. The fraction of sp³-hybridized carbons (Fsp3) is 0.133. The van der Waals surface area contributed by atoms with Crippen LogP contribution in [-0.4, -0.2) is 6.11 Å². The van der Waals surface area contributed by atoms with Gasteiger partial charge in [-0.1, -0.05) is 55.8 Å². The lowest BCUT2D eigenvalue weighted by atomic mass is 10.0. The summed E-state index contributed by atoms with van der Waals surface area (Å²) in [6, 6.07) is 17.7. The van der Waals surface area contributed by atoms with Crippen LogP contribution in [0, 0.1) is 23.3 Å². The molecule has 0 atom stereocenters. The van der Waals surface area contributed by atoms with E-state index in [0.29, 0.717) is 17.7 Å². The average molecular weight is 512 g/mol. The Kier molecular flexibility index (Phi) is 7.71. The van der Waals surface area contributed by atoms with Gasteiger partial charge in [0.05, 0.1) is 0 Å². The molecule has 0 bridgehead atoms. The molecule has 0 aliphatic rings. The Hall–Kier alpha value is -4.00. The summed E-state index contributed by atoms with van der Waals surface area (Å²) >= 11 is 0. The lowest BCUT2D eigenvalue weighted by Gasteiger charge is -2.15. The number of hydrogen-bond acceptors (Lipinski definition) is 1. The van der Waals surface area contributed by atoms with Gasteiger partial charge in [-0.25, -0.2) is 17.6 Å². The van der Waals surface area contributed by atoms with Crippen molar-refractivity contribution in [2.75, 3.05) is 0 Å². The highest BCUT2D eigenvalue weighted by atomic mass is 19.3. The van der Waals surface area contributed by atoms with Gasteiger partial charge < -0.3 is 4.74 Å². The Labute approximate surface area is 210 Å². The van der Waals surface area contributed by atoms with Gasteiger partial charge in [-0.3, -0.25) is 0 Å². The first-order valence-electron chi connectivity index (χ1n) is 11.5. The summed E-state index contributed by atoms with van der Waals surface area (Å²) in [5.74, 6) is -4.42. The third kappa shape index (κ3) is 6.42. The van der Waals surface area contributed by atoms with Gasteiger partial charge in [0, 0.05) is 23.3 Å². The number of alkyl halides is 2. The van der Waals surface area contributed by atoms with Crippen LogP contribution in [0.2, 0.25) is 0 Å². The summed E-state index contributed by atoms with van der Waals surface area (Å²) in [5.41, 5.74) is 2.42. The molecule has 0 aliphatic carbocycles. The van der Waals surface area contributed by atoms with E-state index in [9.17, 15) is 26.3 Å². The average Bonchev–Trinajstić information content (AvgIpc) is 2.86. The van der Waals surface area contributed by atoms with Gasteiger partial charge in [0.2, 0.25) is 0 Å². The van der Waals surface area contributed by atoms with Crippen LogP contribution < -0.4 is 4.74 Å². The van der Waals surface area contributed by atoms with E-state index in [2.05, 4.69) is 11.7 Å². The molecule has 0 fully saturated rings. The Morgan fingerprint density at radius 2 is 1.35 bits per heavy atom. The Morgan fingerprint density at radius 1 is 0.676 bits per heavy atom. The second-order valence-electron chi connectivity index (χ2n) is 8.45. The summed E-state index contributed by atoms with van der Waals surface area (Å²) in [5, 5.41) is 0. The van der Waals surface area contributed by atoms with E-state index < -0.39 is 35.1 Å². The van der Waals surface area contributed by atoms with Crippen LogP contribution in [0.15, 0.2) is 84.9 Å². The number of hydrogen-bond donors (Lipinski definition) is 0. The molecule has 1 nitrogen and oxygen atoms in total. The molecule has 0 saturated heterocycles. The van der Waals surface area contributed by atoms with E-state index in [1.165, 1.54) is 17.7 Å². The van der Waals surface area contributed by atoms with Gasteiger partial charge in [-0.2, -0.15) is 8.78 Å². The third-order valence-corrected chi connectivity index (χ3v) is 5.71. The fourth-order valence-corrected chi connectivity index (χ4v) is 3.83. The van der Waals surface area contributed by atoms with Gasteiger partial charge in [0.1, 0.15) is 17.4 Å². The zero-order valence-electron chi connectivity index (χ0n) is 19.8. The molecule has 0 saturated carbocycles. The summed E-state index contributed by atoms with van der Waals surface area (Å²) in [4.78, 5) is 0. The van der Waals surface area contributed by atoms with E-state index in [4.69, 9.17) is 0 Å². The maximum absolute atomic E-state index is 14.6. The largest absolute Gasteiger partial charge is 0.429 e. The van der Waals surface area contributed by atoms with Gasteiger partial charge in [0.15, 0.2) is 11.6 Å². The third-order valence-electron chi connectivity index (χ3n) is 5.71. The van der Waals surface area contributed by atoms with Crippen LogP contribution >= 0.6 is 0 Å². The maximum Gasteiger partial charge on any atom is 0.419 e. The number of aryl methyl sites for hydroxylation is 1. The molecule has 0 spiro atoms. The highest BCUT2D eigenvalue weighted by Crippen LogP contribution is 2.31. The maximum atomic E-state index is 14.6. The molecule has 0 N–H and O–H groups in total. The van der Waals surface area contributed by atoms with Crippen LogP contribution in [-0.2, 0) is 6.42 Å². The summed E-state index contributed by atoms with van der Waals surface area (Å²) in [6.45, 7) is 2.08. The predicted octanol–water partition coefficient (Wildman–Crippen LogP) is 9.21. The second-order valence-corrected chi connectivity index (χ2v) is 8.45. The Balaban J connectivity index is 1.47. The first kappa shape index (κ1) is 26.1. The molecule has 0 radical (unpaired) electrons. The highest BCUT2D eigenvalue weighted by molar-refractivity contribution is 5.67. The van der Waals surface area contributed by atoms with Crippen molar-refractivity contribution in [3.8, 4) is 28.0 Å². The van der Waals surface area contributed by atoms with Gasteiger partial charge >= 0.3 is 6.11 Å². The summed E-state index contributed by atoms with van der Waals surface area (Å²) in [7, 11) is 0. The molecule has 0 aliphatic heterocycles. The SMILES string of the molecule is CCCc1ccc(-c2ccc(/C=C/C(F)(F)Oc3ccc(-c4ccc(F)c(F)c4)c(F)c3)c(F)c2)cc1. The van der Waals surface area contributed by atoms with Crippen molar-refractivity contribution in [2.24, 2.45) is 0 Å². The topological polar surface area (TPSA) is 9.23 Å². The van der Waals surface area contributed by atoms with Gasteiger partial charge in [-0.15, -0.1) is 0 Å². The Bertz CT molecular complexity index is 1430. The van der Waals surface area contributed by atoms with E-state index in [1.54, 1.807) is 6.07 Å². The molecule has 4 aromatic rings. The van der Waals surface area contributed by atoms with Crippen molar-refractivity contribution >= 4 is 6.08 Å². The molecule has 190 valence electrons. The fourth-order valence-electron chi connectivity index (χ4n) is 3.83. The van der Waals surface area contributed by atoms with Crippen molar-refractivity contribution in [1.29, 1.82) is 0 Å². The van der Waals surface area contributed by atoms with E-state index >= 15 is 0 Å². The quantitative estimate of drug-likeness (QED) is 0.214. The standard InChI is InChI=1S/C30H22F6O/c1-2-3-19-4-6-20(7-5-19)22-9-8-21(27(32)16-22)14-15-30(35,36)37-24-11-12-25(28(33)18-24)23-10-13-26(31)29(34)17-23/h4-18H,2-3H2,1H3/b15-14+. The minimum Gasteiger partial charge on any atom is -0.429 e. The number of rotatable bonds is 8. The van der Waals surface area contributed by atoms with Crippen molar-refractivity contribution < 1.29 is 31.1 Å². The lowest BCUT2D eigenvalue weighted by molar-refractivity contribution is -0.131. The highest BCUT2D eigenvalue weighted by Gasteiger charge is 2.28. The zero-order chi connectivity index (χ0) is 26.6. The monoisotopic (exact) mass is 512 g/mol. The molecule has 7 heteroatoms. The first-order valence-corrected chi connectivity index (χ1v) is 11.5. The van der Waals surface area contributed by atoms with Crippen LogP contribution in [0.5, 0.6) is 5.75 Å².